The van der Waals surface area contributed by atoms with Crippen molar-refractivity contribution < 1.29 is 9.53 Å². The molecule has 0 radical (unpaired) electrons. The van der Waals surface area contributed by atoms with E-state index in [1.54, 1.807) is 7.11 Å². The van der Waals surface area contributed by atoms with Gasteiger partial charge in [0.05, 0.1) is 29.2 Å². The second-order valence-corrected chi connectivity index (χ2v) is 7.46. The van der Waals surface area contributed by atoms with Crippen LogP contribution in [0.25, 0.3) is 21.9 Å². The zero-order valence-corrected chi connectivity index (χ0v) is 16.2. The third-order valence-corrected chi connectivity index (χ3v) is 5.36. The standard InChI is InChI=1S/C23H22N4O2/c1-29-15-8-9-18-16(12-15)17(13-21(25-18)14-6-7-14)23(28)24-11-10-22-26-19-4-2-3-5-20(19)27-22/h2-5,8-9,12-14H,6-7,10-11H2,1H3,(H,24,28)(H,26,27). The van der Waals surface area contributed by atoms with E-state index in [4.69, 9.17) is 9.72 Å². The molecule has 2 N–H and O–H groups in total. The molecule has 1 saturated carbocycles. The molecular weight excluding hydrogens is 364 g/mol. The van der Waals surface area contributed by atoms with Crippen molar-refractivity contribution in [3.05, 3.63) is 65.6 Å². The van der Waals surface area contributed by atoms with Gasteiger partial charge in [-0.25, -0.2) is 4.98 Å². The molecule has 5 rings (SSSR count). The van der Waals surface area contributed by atoms with Gasteiger partial charge in [0.25, 0.3) is 5.91 Å². The Morgan fingerprint density at radius 2 is 2.00 bits per heavy atom. The number of hydrogen-bond donors (Lipinski definition) is 2. The molecule has 0 bridgehead atoms. The first-order valence-electron chi connectivity index (χ1n) is 9.92. The first-order valence-corrected chi connectivity index (χ1v) is 9.92. The van der Waals surface area contributed by atoms with Crippen LogP contribution in [0, 0.1) is 0 Å². The summed E-state index contributed by atoms with van der Waals surface area (Å²) < 4.78 is 5.34. The Morgan fingerprint density at radius 3 is 2.79 bits per heavy atom. The summed E-state index contributed by atoms with van der Waals surface area (Å²) in [5.74, 6) is 1.97. The summed E-state index contributed by atoms with van der Waals surface area (Å²) in [6.45, 7) is 0.505. The molecule has 0 unspecified atom stereocenters. The smallest absolute Gasteiger partial charge is 0.252 e. The molecule has 0 spiro atoms. The third-order valence-electron chi connectivity index (χ3n) is 5.36. The molecule has 1 aliphatic rings. The Labute approximate surface area is 168 Å². The Morgan fingerprint density at radius 1 is 1.14 bits per heavy atom. The van der Waals surface area contributed by atoms with Crippen molar-refractivity contribution in [2.45, 2.75) is 25.2 Å². The van der Waals surface area contributed by atoms with Gasteiger partial charge in [-0.2, -0.15) is 0 Å². The Hall–Kier alpha value is -3.41. The fourth-order valence-electron chi connectivity index (χ4n) is 3.64. The number of carbonyl (C=O) groups is 1. The molecule has 0 atom stereocenters. The second kappa shape index (κ2) is 7.20. The number of imidazole rings is 1. The highest BCUT2D eigenvalue weighted by atomic mass is 16.5. The fourth-order valence-corrected chi connectivity index (χ4v) is 3.64. The van der Waals surface area contributed by atoms with Crippen molar-refractivity contribution in [2.75, 3.05) is 13.7 Å². The highest BCUT2D eigenvalue weighted by Crippen LogP contribution is 2.40. The lowest BCUT2D eigenvalue weighted by Gasteiger charge is -2.11. The summed E-state index contributed by atoms with van der Waals surface area (Å²) in [4.78, 5) is 25.6. The van der Waals surface area contributed by atoms with Gasteiger partial charge in [0.2, 0.25) is 0 Å². The van der Waals surface area contributed by atoms with E-state index < -0.39 is 0 Å². The van der Waals surface area contributed by atoms with Gasteiger partial charge in [-0.3, -0.25) is 9.78 Å². The second-order valence-electron chi connectivity index (χ2n) is 7.46. The molecule has 2 heterocycles. The highest BCUT2D eigenvalue weighted by Gasteiger charge is 2.27. The number of para-hydroxylation sites is 2. The summed E-state index contributed by atoms with van der Waals surface area (Å²) in [6.07, 6.45) is 2.92. The summed E-state index contributed by atoms with van der Waals surface area (Å²) in [5.41, 5.74) is 4.44. The minimum atomic E-state index is -0.0938. The van der Waals surface area contributed by atoms with Gasteiger partial charge in [0.15, 0.2) is 0 Å². The predicted molar refractivity (Wildman–Crippen MR) is 112 cm³/mol. The van der Waals surface area contributed by atoms with Crippen LogP contribution in [0.2, 0.25) is 0 Å². The molecule has 1 fully saturated rings. The predicted octanol–water partition coefficient (Wildman–Crippen LogP) is 3.97. The maximum absolute atomic E-state index is 13.0. The van der Waals surface area contributed by atoms with Crippen LogP contribution in [0.15, 0.2) is 48.5 Å². The van der Waals surface area contributed by atoms with Crippen LogP contribution in [-0.4, -0.2) is 34.5 Å². The van der Waals surface area contributed by atoms with Gasteiger partial charge in [0.1, 0.15) is 11.6 Å². The number of ether oxygens (including phenoxy) is 1. The van der Waals surface area contributed by atoms with E-state index in [-0.39, 0.29) is 5.91 Å². The number of hydrogen-bond acceptors (Lipinski definition) is 4. The number of H-pyrrole nitrogens is 1. The summed E-state index contributed by atoms with van der Waals surface area (Å²) >= 11 is 0. The molecule has 6 nitrogen and oxygen atoms in total. The zero-order valence-electron chi connectivity index (χ0n) is 16.2. The number of nitrogens with one attached hydrogen (secondary N) is 2. The molecule has 1 aliphatic carbocycles. The number of rotatable bonds is 6. The maximum atomic E-state index is 13.0. The summed E-state index contributed by atoms with van der Waals surface area (Å²) in [6, 6.07) is 15.6. The minimum absolute atomic E-state index is 0.0938. The van der Waals surface area contributed by atoms with E-state index in [1.807, 2.05) is 48.5 Å². The van der Waals surface area contributed by atoms with Crippen LogP contribution in [-0.2, 0) is 6.42 Å². The molecule has 2 aromatic heterocycles. The molecule has 4 aromatic rings. The largest absolute Gasteiger partial charge is 0.497 e. The van der Waals surface area contributed by atoms with E-state index in [2.05, 4.69) is 15.3 Å². The van der Waals surface area contributed by atoms with Crippen molar-refractivity contribution in [1.82, 2.24) is 20.3 Å². The first-order chi connectivity index (χ1) is 14.2. The normalized spacial score (nSPS) is 13.7. The van der Waals surface area contributed by atoms with E-state index >= 15 is 0 Å². The van der Waals surface area contributed by atoms with Crippen LogP contribution >= 0.6 is 0 Å². The van der Waals surface area contributed by atoms with Crippen molar-refractivity contribution in [3.8, 4) is 5.75 Å². The van der Waals surface area contributed by atoms with Gasteiger partial charge < -0.3 is 15.0 Å². The zero-order chi connectivity index (χ0) is 19.8. The molecule has 1 amide bonds. The molecule has 0 aliphatic heterocycles. The van der Waals surface area contributed by atoms with Crippen LogP contribution < -0.4 is 10.1 Å². The van der Waals surface area contributed by atoms with Gasteiger partial charge in [0, 0.05) is 30.0 Å². The first kappa shape index (κ1) is 17.7. The average Bonchev–Trinajstić information content (AvgIpc) is 3.52. The lowest BCUT2D eigenvalue weighted by molar-refractivity contribution is 0.0955. The number of amides is 1. The molecular formula is C23H22N4O2. The SMILES string of the molecule is COc1ccc2nc(C3CC3)cc(C(=O)NCCc3nc4ccccc4[nH]3)c2c1. The molecule has 146 valence electrons. The number of fused-ring (bicyclic) bond motifs is 2. The lowest BCUT2D eigenvalue weighted by Crippen LogP contribution is -2.26. The van der Waals surface area contributed by atoms with Crippen molar-refractivity contribution in [2.24, 2.45) is 0 Å². The van der Waals surface area contributed by atoms with Gasteiger partial charge in [-0.15, -0.1) is 0 Å². The molecule has 2 aromatic carbocycles. The molecule has 0 saturated heterocycles. The monoisotopic (exact) mass is 386 g/mol. The Balaban J connectivity index is 1.37. The Bertz CT molecular complexity index is 1180. The number of methoxy groups -OCH3 is 1. The Kier molecular flexibility index (Phi) is 4.39. The van der Waals surface area contributed by atoms with Gasteiger partial charge in [-0.05, 0) is 49.2 Å². The number of pyridine rings is 1. The van der Waals surface area contributed by atoms with Crippen molar-refractivity contribution in [3.63, 3.8) is 0 Å². The minimum Gasteiger partial charge on any atom is -0.497 e. The number of benzene rings is 2. The van der Waals surface area contributed by atoms with Crippen molar-refractivity contribution >= 4 is 27.8 Å². The maximum Gasteiger partial charge on any atom is 0.252 e. The van der Waals surface area contributed by atoms with Crippen molar-refractivity contribution in [1.29, 1.82) is 0 Å². The van der Waals surface area contributed by atoms with Crippen LogP contribution in [0.3, 0.4) is 0 Å². The highest BCUT2D eigenvalue weighted by molar-refractivity contribution is 6.06. The molecule has 29 heavy (non-hydrogen) atoms. The number of carbonyl (C=O) groups excluding carboxylic acids is 1. The number of aromatic amines is 1. The third kappa shape index (κ3) is 3.53. The van der Waals surface area contributed by atoms with E-state index in [9.17, 15) is 4.79 Å². The molecule has 6 heteroatoms. The lowest BCUT2D eigenvalue weighted by atomic mass is 10.0. The summed E-state index contributed by atoms with van der Waals surface area (Å²) in [7, 11) is 1.63. The number of aromatic nitrogens is 3. The van der Waals surface area contributed by atoms with E-state index in [1.165, 1.54) is 0 Å². The van der Waals surface area contributed by atoms with Crippen LogP contribution in [0.1, 0.15) is 40.6 Å². The summed E-state index contributed by atoms with van der Waals surface area (Å²) in [5, 5.41) is 3.86. The topological polar surface area (TPSA) is 79.9 Å². The van der Waals surface area contributed by atoms with E-state index in [0.29, 0.717) is 24.4 Å². The van der Waals surface area contributed by atoms with Gasteiger partial charge >= 0.3 is 0 Å². The average molecular weight is 386 g/mol. The van der Waals surface area contributed by atoms with E-state index in [0.717, 1.165) is 52.0 Å². The van der Waals surface area contributed by atoms with Gasteiger partial charge in [-0.1, -0.05) is 12.1 Å². The number of nitrogens with zero attached hydrogens (tertiary/aromatic N) is 2. The van der Waals surface area contributed by atoms with Crippen LogP contribution in [0.5, 0.6) is 5.75 Å². The van der Waals surface area contributed by atoms with Crippen LogP contribution in [0.4, 0.5) is 0 Å². The fraction of sp³-hybridized carbons (Fsp3) is 0.261. The quantitative estimate of drug-likeness (QED) is 0.525.